The molecule has 0 aliphatic heterocycles. The summed E-state index contributed by atoms with van der Waals surface area (Å²) in [6.45, 7) is 2.90. The fraction of sp³-hybridized carbons (Fsp3) is 0.400. The Kier molecular flexibility index (Phi) is 3.43. The third-order valence-corrected chi connectivity index (χ3v) is 2.16. The van der Waals surface area contributed by atoms with Gasteiger partial charge in [-0.2, -0.15) is 5.26 Å². The summed E-state index contributed by atoms with van der Waals surface area (Å²) < 4.78 is 1.59. The zero-order valence-electron chi connectivity index (χ0n) is 8.16. The fourth-order valence-corrected chi connectivity index (χ4v) is 1.32. The zero-order chi connectivity index (χ0) is 10.6. The van der Waals surface area contributed by atoms with Gasteiger partial charge in [0.1, 0.15) is 6.07 Å². The first-order chi connectivity index (χ1) is 6.70. The summed E-state index contributed by atoms with van der Waals surface area (Å²) in [4.78, 5) is 11.4. The Morgan fingerprint density at radius 3 is 2.86 bits per heavy atom. The molecule has 0 saturated heterocycles. The van der Waals surface area contributed by atoms with Crippen molar-refractivity contribution in [2.75, 3.05) is 6.54 Å². The first-order valence-electron chi connectivity index (χ1n) is 4.51. The van der Waals surface area contributed by atoms with Gasteiger partial charge in [0, 0.05) is 18.3 Å². The van der Waals surface area contributed by atoms with Gasteiger partial charge in [-0.15, -0.1) is 0 Å². The number of pyridine rings is 1. The van der Waals surface area contributed by atoms with Crippen molar-refractivity contribution in [1.82, 2.24) is 4.57 Å². The molecule has 1 rings (SSSR count). The van der Waals surface area contributed by atoms with Gasteiger partial charge < -0.3 is 10.3 Å². The highest BCUT2D eigenvalue weighted by atomic mass is 16.1. The van der Waals surface area contributed by atoms with E-state index in [9.17, 15) is 4.79 Å². The Hall–Kier alpha value is -1.60. The van der Waals surface area contributed by atoms with Crippen LogP contribution in [0.15, 0.2) is 16.9 Å². The summed E-state index contributed by atoms with van der Waals surface area (Å²) in [5.41, 5.74) is 6.55. The molecule has 0 aliphatic rings. The molecule has 0 bridgehead atoms. The van der Waals surface area contributed by atoms with Crippen LogP contribution in [0, 0.1) is 18.3 Å². The first-order valence-corrected chi connectivity index (χ1v) is 4.51. The normalized spacial score (nSPS) is 9.79. The summed E-state index contributed by atoms with van der Waals surface area (Å²) >= 11 is 0. The number of nitriles is 1. The zero-order valence-corrected chi connectivity index (χ0v) is 8.16. The maximum absolute atomic E-state index is 11.4. The molecule has 0 aromatic carbocycles. The highest BCUT2D eigenvalue weighted by Crippen LogP contribution is 2.03. The summed E-state index contributed by atoms with van der Waals surface area (Å²) in [5, 5.41) is 8.77. The molecule has 0 spiro atoms. The monoisotopic (exact) mass is 191 g/mol. The van der Waals surface area contributed by atoms with Crippen molar-refractivity contribution < 1.29 is 0 Å². The van der Waals surface area contributed by atoms with E-state index in [1.807, 2.05) is 6.07 Å². The van der Waals surface area contributed by atoms with Gasteiger partial charge in [-0.1, -0.05) is 0 Å². The molecule has 0 aliphatic carbocycles. The molecule has 2 N–H and O–H groups in total. The number of rotatable bonds is 3. The molecule has 0 saturated carbocycles. The predicted octanol–water partition coefficient (Wildman–Crippen LogP) is 0.377. The standard InChI is InChI=1S/C10H13N3O/c1-8-9(7-12)3-4-10(14)13(8)6-2-5-11/h3-4H,2,5-6,11H2,1H3. The van der Waals surface area contributed by atoms with Crippen LogP contribution in [0.25, 0.3) is 0 Å². The summed E-state index contributed by atoms with van der Waals surface area (Å²) in [6.07, 6.45) is 0.746. The SMILES string of the molecule is Cc1c(C#N)ccc(=O)n1CCCN. The van der Waals surface area contributed by atoms with Gasteiger partial charge in [0.05, 0.1) is 5.56 Å². The lowest BCUT2D eigenvalue weighted by atomic mass is 10.2. The molecule has 1 aromatic heterocycles. The molecule has 74 valence electrons. The molecule has 0 fully saturated rings. The minimum Gasteiger partial charge on any atom is -0.330 e. The van der Waals surface area contributed by atoms with E-state index < -0.39 is 0 Å². The van der Waals surface area contributed by atoms with E-state index >= 15 is 0 Å². The van der Waals surface area contributed by atoms with Crippen LogP contribution in [0.3, 0.4) is 0 Å². The van der Waals surface area contributed by atoms with E-state index in [-0.39, 0.29) is 5.56 Å². The van der Waals surface area contributed by atoms with Crippen molar-refractivity contribution in [3.63, 3.8) is 0 Å². The quantitative estimate of drug-likeness (QED) is 0.750. The van der Waals surface area contributed by atoms with Gasteiger partial charge >= 0.3 is 0 Å². The lowest BCUT2D eigenvalue weighted by Gasteiger charge is -2.09. The Morgan fingerprint density at radius 1 is 1.57 bits per heavy atom. The minimum atomic E-state index is -0.0741. The van der Waals surface area contributed by atoms with Crippen LogP contribution in [0.1, 0.15) is 17.7 Å². The minimum absolute atomic E-state index is 0.0741. The average Bonchev–Trinajstić information content (AvgIpc) is 2.18. The molecule has 14 heavy (non-hydrogen) atoms. The second-order valence-corrected chi connectivity index (χ2v) is 3.08. The van der Waals surface area contributed by atoms with Crippen LogP contribution >= 0.6 is 0 Å². The largest absolute Gasteiger partial charge is 0.330 e. The maximum Gasteiger partial charge on any atom is 0.250 e. The molecule has 0 unspecified atom stereocenters. The lowest BCUT2D eigenvalue weighted by molar-refractivity contribution is 0.613. The van der Waals surface area contributed by atoms with E-state index in [1.54, 1.807) is 17.6 Å². The molecule has 4 nitrogen and oxygen atoms in total. The Labute approximate surface area is 82.6 Å². The van der Waals surface area contributed by atoms with Crippen molar-refractivity contribution >= 4 is 0 Å². The van der Waals surface area contributed by atoms with Gasteiger partial charge in [-0.05, 0) is 26.0 Å². The predicted molar refractivity (Wildman–Crippen MR) is 53.8 cm³/mol. The molecule has 0 radical (unpaired) electrons. The van der Waals surface area contributed by atoms with E-state index in [2.05, 4.69) is 0 Å². The van der Waals surface area contributed by atoms with Gasteiger partial charge in [-0.3, -0.25) is 4.79 Å². The molecule has 1 aromatic rings. The van der Waals surface area contributed by atoms with Crippen LogP contribution in [0.5, 0.6) is 0 Å². The van der Waals surface area contributed by atoms with Crippen molar-refractivity contribution in [3.05, 3.63) is 33.7 Å². The van der Waals surface area contributed by atoms with Crippen LogP contribution in [0.4, 0.5) is 0 Å². The second kappa shape index (κ2) is 4.58. The Morgan fingerprint density at radius 2 is 2.29 bits per heavy atom. The number of hydrogen-bond donors (Lipinski definition) is 1. The molecule has 4 heteroatoms. The smallest absolute Gasteiger partial charge is 0.250 e. The molecular weight excluding hydrogens is 178 g/mol. The summed E-state index contributed by atoms with van der Waals surface area (Å²) in [6, 6.07) is 5.02. The highest BCUT2D eigenvalue weighted by Gasteiger charge is 2.04. The first kappa shape index (κ1) is 10.5. The number of aromatic nitrogens is 1. The Balaban J connectivity index is 3.14. The van der Waals surface area contributed by atoms with Crippen LogP contribution in [-0.2, 0) is 6.54 Å². The highest BCUT2D eigenvalue weighted by molar-refractivity contribution is 5.32. The van der Waals surface area contributed by atoms with Crippen molar-refractivity contribution in [2.24, 2.45) is 5.73 Å². The van der Waals surface area contributed by atoms with Gasteiger partial charge in [0.15, 0.2) is 0 Å². The van der Waals surface area contributed by atoms with Crippen molar-refractivity contribution in [1.29, 1.82) is 5.26 Å². The fourth-order valence-electron chi connectivity index (χ4n) is 1.32. The van der Waals surface area contributed by atoms with Crippen LogP contribution < -0.4 is 11.3 Å². The summed E-state index contributed by atoms with van der Waals surface area (Å²) in [5.74, 6) is 0. The van der Waals surface area contributed by atoms with Crippen LogP contribution in [0.2, 0.25) is 0 Å². The van der Waals surface area contributed by atoms with Crippen LogP contribution in [-0.4, -0.2) is 11.1 Å². The molecule has 0 amide bonds. The van der Waals surface area contributed by atoms with Gasteiger partial charge in [-0.25, -0.2) is 0 Å². The third-order valence-electron chi connectivity index (χ3n) is 2.16. The van der Waals surface area contributed by atoms with Crippen molar-refractivity contribution in [2.45, 2.75) is 19.9 Å². The van der Waals surface area contributed by atoms with Gasteiger partial charge in [0.2, 0.25) is 0 Å². The third kappa shape index (κ3) is 2.01. The number of nitrogens with two attached hydrogens (primary N) is 1. The topological polar surface area (TPSA) is 71.8 Å². The van der Waals surface area contributed by atoms with E-state index in [0.717, 1.165) is 6.42 Å². The molecule has 0 atom stereocenters. The maximum atomic E-state index is 11.4. The second-order valence-electron chi connectivity index (χ2n) is 3.08. The van der Waals surface area contributed by atoms with E-state index in [4.69, 9.17) is 11.0 Å². The lowest BCUT2D eigenvalue weighted by Crippen LogP contribution is -2.23. The Bertz CT molecular complexity index is 414. The number of nitrogens with zero attached hydrogens (tertiary/aromatic N) is 2. The van der Waals surface area contributed by atoms with E-state index in [0.29, 0.717) is 24.3 Å². The number of hydrogen-bond acceptors (Lipinski definition) is 3. The molecular formula is C10H13N3O. The van der Waals surface area contributed by atoms with Gasteiger partial charge in [0.25, 0.3) is 5.56 Å². The van der Waals surface area contributed by atoms with Crippen molar-refractivity contribution in [3.8, 4) is 6.07 Å². The molecule has 1 heterocycles. The summed E-state index contributed by atoms with van der Waals surface area (Å²) in [7, 11) is 0. The average molecular weight is 191 g/mol. The van der Waals surface area contributed by atoms with E-state index in [1.165, 1.54) is 6.07 Å².